The molecule has 18 atom stereocenters. The summed E-state index contributed by atoms with van der Waals surface area (Å²) in [4.78, 5) is 14.2. The van der Waals surface area contributed by atoms with E-state index in [1.54, 1.807) is 5.57 Å². The first-order chi connectivity index (χ1) is 32.2. The molecular formula is C50H72O15P2. The van der Waals surface area contributed by atoms with Crippen molar-refractivity contribution in [1.29, 1.82) is 0 Å². The van der Waals surface area contributed by atoms with Gasteiger partial charge in [0.1, 0.15) is 24.4 Å². The van der Waals surface area contributed by atoms with E-state index in [-0.39, 0.29) is 85.6 Å². The summed E-state index contributed by atoms with van der Waals surface area (Å²) < 4.78 is 85.3. The maximum absolute atomic E-state index is 14.2. The average Bonchev–Trinajstić information content (AvgIpc) is 4.20. The van der Waals surface area contributed by atoms with E-state index in [9.17, 15) is 4.79 Å². The Kier molecular flexibility index (Phi) is 10.9. The van der Waals surface area contributed by atoms with Crippen molar-refractivity contribution < 1.29 is 70.7 Å². The summed E-state index contributed by atoms with van der Waals surface area (Å²) in [5.74, 6) is -0.614. The van der Waals surface area contributed by atoms with Gasteiger partial charge in [-0.3, -0.25) is 4.79 Å². The Morgan fingerprint density at radius 2 is 1.06 bits per heavy atom. The summed E-state index contributed by atoms with van der Waals surface area (Å²) in [6.07, 6.45) is 16.9. The van der Waals surface area contributed by atoms with Gasteiger partial charge in [-0.15, -0.1) is 0 Å². The van der Waals surface area contributed by atoms with Gasteiger partial charge in [0.05, 0.1) is 44.1 Å². The van der Waals surface area contributed by atoms with E-state index in [2.05, 4.69) is 52.7 Å². The average molecular weight is 975 g/mol. The molecule has 6 saturated carbocycles. The molecule has 6 aliphatic heterocycles. The highest BCUT2D eigenvalue weighted by Gasteiger charge is 2.79. The van der Waals surface area contributed by atoms with Crippen LogP contribution in [0.1, 0.15) is 111 Å². The lowest BCUT2D eigenvalue weighted by atomic mass is 9.46. The number of rotatable bonds is 2. The van der Waals surface area contributed by atoms with Gasteiger partial charge < -0.3 is 65.9 Å². The lowest BCUT2D eigenvalue weighted by molar-refractivity contribution is -0.243. The van der Waals surface area contributed by atoms with Crippen molar-refractivity contribution >= 4 is 24.7 Å². The van der Waals surface area contributed by atoms with Crippen LogP contribution in [0.5, 0.6) is 0 Å². The maximum atomic E-state index is 14.2. The van der Waals surface area contributed by atoms with Crippen LogP contribution in [0, 0.1) is 57.2 Å². The third kappa shape index (κ3) is 5.89. The lowest BCUT2D eigenvalue weighted by Gasteiger charge is -2.61. The van der Waals surface area contributed by atoms with Crippen molar-refractivity contribution in [2.75, 3.05) is 66.8 Å². The van der Waals surface area contributed by atoms with Crippen LogP contribution in [0.2, 0.25) is 0 Å². The van der Waals surface area contributed by atoms with Crippen LogP contribution in [0.4, 0.5) is 0 Å². The Morgan fingerprint density at radius 1 is 0.567 bits per heavy atom. The Hall–Kier alpha value is -0.550. The normalized spacial score (nSPS) is 54.0. The smallest absolute Gasteiger partial charge is 0.227 e. The fourth-order valence-electron chi connectivity index (χ4n) is 18.4. The van der Waals surface area contributed by atoms with Crippen LogP contribution in [0.15, 0.2) is 23.3 Å². The number of fused-ring (bicyclic) bond motifs is 14. The minimum Gasteiger partial charge on any atom is -0.362 e. The lowest BCUT2D eigenvalue weighted by Crippen LogP contribution is -2.66. The molecule has 17 heteroatoms. The molecule has 6 heterocycles. The fraction of sp³-hybridized carbons (Fsp3) is 0.900. The van der Waals surface area contributed by atoms with Gasteiger partial charge in [-0.05, 0) is 105 Å². The Balaban J connectivity index is 0.000000133. The van der Waals surface area contributed by atoms with Crippen LogP contribution < -0.4 is 0 Å². The molecule has 0 aromatic heterocycles. The third-order valence-electron chi connectivity index (χ3n) is 21.9. The maximum Gasteiger partial charge on any atom is 0.227 e. The summed E-state index contributed by atoms with van der Waals surface area (Å²) >= 11 is 0. The second-order valence-corrected chi connectivity index (χ2v) is 24.2. The topological polar surface area (TPSA) is 146 Å². The standard InChI is InChI=1S/C25H35O8P.C25H37O7P/c1-21-5-6-23(28-7-8-29-23)11-15(21)9-18(33-34)20-16-3-4-24(22(16,2)19(26)10-17(20)21)25(32-14-30-24)12-27-13-31-25;1-21-7-8-23(27-9-10-28-23)12-16(21)11-19(32-33)20-17(21)3-5-22(2)18(20)4-6-24(22)25(31-15-29-24)13-26-14-30-25/h10,15-16,18,20H,3-9,11-14,34H2,1-2H3;3,16,18-20H,4-15,33H2,1-2H3/t15-,16?,18-,20?,21+,22-,24-,25?;16-,18?,19-,20?,21+,22+,24-,25?/m11/s1. The number of hydrogen-bond acceptors (Lipinski definition) is 15. The summed E-state index contributed by atoms with van der Waals surface area (Å²) in [5.41, 5.74) is 0.753. The minimum absolute atomic E-state index is 0.00234. The first-order valence-corrected chi connectivity index (χ1v) is 26.4. The second kappa shape index (κ2) is 15.7. The number of carbonyl (C=O) groups is 1. The van der Waals surface area contributed by atoms with E-state index in [1.807, 2.05) is 6.08 Å². The van der Waals surface area contributed by atoms with Crippen LogP contribution in [-0.2, 0) is 70.7 Å². The highest BCUT2D eigenvalue weighted by Crippen LogP contribution is 2.73. The Morgan fingerprint density at radius 3 is 1.61 bits per heavy atom. The molecular weight excluding hydrogens is 902 g/mol. The minimum atomic E-state index is -1.02. The van der Waals surface area contributed by atoms with Gasteiger partial charge in [-0.1, -0.05) is 38.0 Å². The summed E-state index contributed by atoms with van der Waals surface area (Å²) in [7, 11) is 5.09. The van der Waals surface area contributed by atoms with Gasteiger partial charge in [-0.25, -0.2) is 0 Å². The number of carbonyl (C=O) groups excluding carboxylic acids is 1. The first kappa shape index (κ1) is 46.3. The van der Waals surface area contributed by atoms with Gasteiger partial charge in [0.15, 0.2) is 44.5 Å². The van der Waals surface area contributed by atoms with E-state index in [1.165, 1.54) is 5.57 Å². The van der Waals surface area contributed by atoms with Crippen molar-refractivity contribution in [3.05, 3.63) is 23.3 Å². The van der Waals surface area contributed by atoms with Crippen molar-refractivity contribution in [3.63, 3.8) is 0 Å². The predicted octanol–water partition coefficient (Wildman–Crippen LogP) is 7.02. The molecule has 8 aliphatic carbocycles. The van der Waals surface area contributed by atoms with Gasteiger partial charge >= 0.3 is 0 Å². The third-order valence-corrected chi connectivity index (χ3v) is 22.6. The second-order valence-electron chi connectivity index (χ2n) is 23.7. The molecule has 0 amide bonds. The molecule has 14 rings (SSSR count). The van der Waals surface area contributed by atoms with Crippen LogP contribution >= 0.6 is 18.9 Å². The molecule has 0 aromatic rings. The fourth-order valence-corrected chi connectivity index (χ4v) is 18.9. The molecule has 12 fully saturated rings. The molecule has 0 radical (unpaired) electrons. The molecule has 6 spiro atoms. The Bertz CT molecular complexity index is 2050. The van der Waals surface area contributed by atoms with Gasteiger partial charge in [0.2, 0.25) is 11.6 Å². The zero-order valence-electron chi connectivity index (χ0n) is 39.8. The molecule has 67 heavy (non-hydrogen) atoms. The van der Waals surface area contributed by atoms with Crippen molar-refractivity contribution in [1.82, 2.24) is 0 Å². The molecule has 0 bridgehead atoms. The highest BCUT2D eigenvalue weighted by molar-refractivity contribution is 7.10. The van der Waals surface area contributed by atoms with E-state index in [0.717, 1.165) is 90.3 Å². The van der Waals surface area contributed by atoms with Crippen molar-refractivity contribution in [2.24, 2.45) is 57.2 Å². The van der Waals surface area contributed by atoms with E-state index in [4.69, 9.17) is 65.9 Å². The largest absolute Gasteiger partial charge is 0.362 e. The molecule has 372 valence electrons. The quantitative estimate of drug-likeness (QED) is 0.206. The number of ether oxygens (including phenoxy) is 12. The van der Waals surface area contributed by atoms with E-state index < -0.39 is 34.0 Å². The number of ketones is 1. The highest BCUT2D eigenvalue weighted by atomic mass is 31.0. The predicted molar refractivity (Wildman–Crippen MR) is 242 cm³/mol. The van der Waals surface area contributed by atoms with Crippen LogP contribution in [0.25, 0.3) is 0 Å². The molecule has 14 aliphatic rings. The molecule has 0 aromatic carbocycles. The van der Waals surface area contributed by atoms with Gasteiger partial charge in [0, 0.05) is 61.9 Å². The van der Waals surface area contributed by atoms with Crippen LogP contribution in [-0.4, -0.2) is 119 Å². The van der Waals surface area contributed by atoms with Crippen molar-refractivity contribution in [3.8, 4) is 0 Å². The Labute approximate surface area is 399 Å². The summed E-state index contributed by atoms with van der Waals surface area (Å²) in [5, 5.41) is 0. The van der Waals surface area contributed by atoms with Crippen molar-refractivity contribution in [2.45, 2.75) is 158 Å². The van der Waals surface area contributed by atoms with E-state index in [0.29, 0.717) is 49.9 Å². The summed E-state index contributed by atoms with van der Waals surface area (Å²) in [6.45, 7) is 13.6. The zero-order valence-corrected chi connectivity index (χ0v) is 42.1. The first-order valence-electron chi connectivity index (χ1n) is 25.5. The summed E-state index contributed by atoms with van der Waals surface area (Å²) in [6, 6.07) is 0. The number of allylic oxidation sites excluding steroid dienone is 2. The van der Waals surface area contributed by atoms with Crippen LogP contribution in [0.3, 0.4) is 0 Å². The van der Waals surface area contributed by atoms with E-state index >= 15 is 0 Å². The number of hydrogen-bond donors (Lipinski definition) is 0. The molecule has 6 saturated heterocycles. The van der Waals surface area contributed by atoms with Gasteiger partial charge in [-0.2, -0.15) is 0 Å². The monoisotopic (exact) mass is 974 g/mol. The molecule has 0 N–H and O–H groups in total. The SMILES string of the molecule is C[C@]12C(=O)C=C3C(C1CC[C@@]21OCOC12COCO2)[C@H](OP)C[C@@H]1CC2(CC[C@]31C)OCCO2.C[C@]12CC=C3C(C1CC[C@@]21OCOC12COCO2)[C@H](OP)C[C@@H]1CC2(CC[C@]31C)OCCO2. The zero-order chi connectivity index (χ0) is 45.9. The molecule has 15 nitrogen and oxygen atoms in total. The molecule has 8 unspecified atom stereocenters. The van der Waals surface area contributed by atoms with Gasteiger partial charge in [0.25, 0.3) is 0 Å².